The first-order valence-electron chi connectivity index (χ1n) is 7.24. The number of carbonyl (C=O) groups excluding carboxylic acids is 1. The fourth-order valence-corrected chi connectivity index (χ4v) is 2.06. The highest BCUT2D eigenvalue weighted by atomic mass is 16.6. The van der Waals surface area contributed by atoms with Gasteiger partial charge in [-0.1, -0.05) is 39.5 Å². The Morgan fingerprint density at radius 1 is 1.11 bits per heavy atom. The number of amides is 1. The molecule has 0 unspecified atom stereocenters. The maximum Gasteiger partial charge on any atom is 0.410 e. The van der Waals surface area contributed by atoms with E-state index in [1.807, 2.05) is 27.8 Å². The number of hydrogen-bond donors (Lipinski definition) is 0. The number of hydrogen-bond acceptors (Lipinski definition) is 2. The van der Waals surface area contributed by atoms with Gasteiger partial charge < -0.3 is 9.64 Å². The summed E-state index contributed by atoms with van der Waals surface area (Å²) in [7, 11) is 1.82. The van der Waals surface area contributed by atoms with Gasteiger partial charge >= 0.3 is 6.09 Å². The molecule has 3 nitrogen and oxygen atoms in total. The Labute approximate surface area is 113 Å². The third-order valence-electron chi connectivity index (χ3n) is 2.97. The predicted molar refractivity (Wildman–Crippen MR) is 76.8 cm³/mol. The highest BCUT2D eigenvalue weighted by molar-refractivity contribution is 5.67. The Kier molecular flexibility index (Phi) is 8.05. The summed E-state index contributed by atoms with van der Waals surface area (Å²) < 4.78 is 5.34. The molecular weight excluding hydrogens is 226 g/mol. The molecule has 108 valence electrons. The van der Waals surface area contributed by atoms with Crippen molar-refractivity contribution in [3.05, 3.63) is 0 Å². The van der Waals surface area contributed by atoms with E-state index in [0.29, 0.717) is 0 Å². The summed E-state index contributed by atoms with van der Waals surface area (Å²) in [5.41, 5.74) is -0.405. The van der Waals surface area contributed by atoms with Crippen LogP contribution in [0.1, 0.15) is 66.7 Å². The van der Waals surface area contributed by atoms with Crippen molar-refractivity contribution in [3.8, 4) is 0 Å². The summed E-state index contributed by atoms with van der Waals surface area (Å²) in [5, 5.41) is 0. The van der Waals surface area contributed by atoms with Gasteiger partial charge in [-0.15, -0.1) is 0 Å². The summed E-state index contributed by atoms with van der Waals surface area (Å²) in [6, 6.07) is 0. The zero-order chi connectivity index (χ0) is 14.2. The van der Waals surface area contributed by atoms with E-state index >= 15 is 0 Å². The standard InChI is InChI=1S/C15H31NO2/c1-7-9-13(10-8-2)11-12-16(6)14(17)18-15(3,4)5/h13H,7-12H2,1-6H3. The molecule has 0 fully saturated rings. The van der Waals surface area contributed by atoms with Gasteiger partial charge in [-0.3, -0.25) is 0 Å². The minimum absolute atomic E-state index is 0.214. The SMILES string of the molecule is CCCC(CCC)CCN(C)C(=O)OC(C)(C)C. The van der Waals surface area contributed by atoms with Crippen molar-refractivity contribution in [2.75, 3.05) is 13.6 Å². The molecule has 0 aromatic heterocycles. The first kappa shape index (κ1) is 17.3. The Hall–Kier alpha value is -0.730. The Balaban J connectivity index is 4.06. The quantitative estimate of drug-likeness (QED) is 0.674. The second-order valence-corrected chi connectivity index (χ2v) is 6.13. The molecule has 0 bridgehead atoms. The van der Waals surface area contributed by atoms with Gasteiger partial charge in [0.05, 0.1) is 0 Å². The van der Waals surface area contributed by atoms with E-state index in [2.05, 4.69) is 13.8 Å². The molecule has 0 aliphatic heterocycles. The van der Waals surface area contributed by atoms with Gasteiger partial charge in [0.1, 0.15) is 5.60 Å². The average molecular weight is 257 g/mol. The van der Waals surface area contributed by atoms with E-state index in [0.717, 1.165) is 18.9 Å². The second kappa shape index (κ2) is 8.39. The summed E-state index contributed by atoms with van der Waals surface area (Å²) in [4.78, 5) is 13.5. The molecule has 0 atom stereocenters. The van der Waals surface area contributed by atoms with E-state index < -0.39 is 5.60 Å². The van der Waals surface area contributed by atoms with E-state index in [9.17, 15) is 4.79 Å². The molecule has 0 N–H and O–H groups in total. The van der Waals surface area contributed by atoms with Gasteiger partial charge in [-0.2, -0.15) is 0 Å². The van der Waals surface area contributed by atoms with E-state index in [4.69, 9.17) is 4.74 Å². The van der Waals surface area contributed by atoms with E-state index in [1.54, 1.807) is 4.90 Å². The first-order valence-corrected chi connectivity index (χ1v) is 7.24. The fraction of sp³-hybridized carbons (Fsp3) is 0.933. The minimum Gasteiger partial charge on any atom is -0.444 e. The summed E-state index contributed by atoms with van der Waals surface area (Å²) in [6.07, 6.45) is 5.83. The Bertz CT molecular complexity index is 227. The molecule has 0 aromatic rings. The topological polar surface area (TPSA) is 29.5 Å². The van der Waals surface area contributed by atoms with E-state index in [-0.39, 0.29) is 6.09 Å². The fourth-order valence-electron chi connectivity index (χ4n) is 2.06. The van der Waals surface area contributed by atoms with Crippen LogP contribution in [0.15, 0.2) is 0 Å². The van der Waals surface area contributed by atoms with E-state index in [1.165, 1.54) is 25.7 Å². The van der Waals surface area contributed by atoms with Crippen LogP contribution in [0.5, 0.6) is 0 Å². The lowest BCUT2D eigenvalue weighted by Crippen LogP contribution is -2.35. The molecular formula is C15H31NO2. The number of rotatable bonds is 7. The molecule has 0 aliphatic carbocycles. The molecule has 0 spiro atoms. The normalized spacial score (nSPS) is 11.7. The lowest BCUT2D eigenvalue weighted by Gasteiger charge is -2.26. The molecule has 18 heavy (non-hydrogen) atoms. The van der Waals surface area contributed by atoms with Gasteiger partial charge in [0.25, 0.3) is 0 Å². The number of ether oxygens (including phenoxy) is 1. The first-order chi connectivity index (χ1) is 8.30. The molecule has 0 aromatic carbocycles. The van der Waals surface area contributed by atoms with Gasteiger partial charge in [0.2, 0.25) is 0 Å². The molecule has 1 amide bonds. The number of carbonyl (C=O) groups is 1. The van der Waals surface area contributed by atoms with Gasteiger partial charge in [0.15, 0.2) is 0 Å². The highest BCUT2D eigenvalue weighted by Crippen LogP contribution is 2.18. The predicted octanol–water partition coefficient (Wildman–Crippen LogP) is 4.46. The van der Waals surface area contributed by atoms with Gasteiger partial charge in [0, 0.05) is 13.6 Å². The number of nitrogens with zero attached hydrogens (tertiary/aromatic N) is 1. The van der Waals surface area contributed by atoms with Gasteiger partial charge in [-0.25, -0.2) is 4.79 Å². The highest BCUT2D eigenvalue weighted by Gasteiger charge is 2.20. The van der Waals surface area contributed by atoms with Crippen LogP contribution in [0, 0.1) is 5.92 Å². The third kappa shape index (κ3) is 8.37. The molecule has 3 heteroatoms. The lowest BCUT2D eigenvalue weighted by atomic mass is 9.95. The summed E-state index contributed by atoms with van der Waals surface area (Å²) in [6.45, 7) is 10.9. The van der Waals surface area contributed by atoms with Crippen molar-refractivity contribution >= 4 is 6.09 Å². The molecule has 0 rings (SSSR count). The van der Waals surface area contributed by atoms with Crippen LogP contribution in [-0.2, 0) is 4.74 Å². The van der Waals surface area contributed by atoms with Crippen molar-refractivity contribution in [1.29, 1.82) is 0 Å². The summed E-state index contributed by atoms with van der Waals surface area (Å²) in [5.74, 6) is 0.741. The van der Waals surface area contributed by atoms with Crippen LogP contribution in [-0.4, -0.2) is 30.2 Å². The monoisotopic (exact) mass is 257 g/mol. The average Bonchev–Trinajstić information content (AvgIpc) is 2.23. The lowest BCUT2D eigenvalue weighted by molar-refractivity contribution is 0.0289. The van der Waals surface area contributed by atoms with Crippen LogP contribution >= 0.6 is 0 Å². The van der Waals surface area contributed by atoms with Crippen molar-refractivity contribution in [3.63, 3.8) is 0 Å². The van der Waals surface area contributed by atoms with Crippen molar-refractivity contribution in [2.24, 2.45) is 5.92 Å². The Morgan fingerprint density at radius 3 is 2.00 bits per heavy atom. The Morgan fingerprint density at radius 2 is 1.61 bits per heavy atom. The van der Waals surface area contributed by atoms with Crippen LogP contribution in [0.2, 0.25) is 0 Å². The van der Waals surface area contributed by atoms with Crippen LogP contribution in [0.4, 0.5) is 4.79 Å². The zero-order valence-electron chi connectivity index (χ0n) is 13.1. The second-order valence-electron chi connectivity index (χ2n) is 6.13. The van der Waals surface area contributed by atoms with Crippen LogP contribution < -0.4 is 0 Å². The summed E-state index contributed by atoms with van der Waals surface area (Å²) >= 11 is 0. The molecule has 0 aliphatic rings. The van der Waals surface area contributed by atoms with Crippen LogP contribution in [0.3, 0.4) is 0 Å². The van der Waals surface area contributed by atoms with Crippen molar-refractivity contribution in [1.82, 2.24) is 4.90 Å². The van der Waals surface area contributed by atoms with Gasteiger partial charge in [-0.05, 0) is 33.1 Å². The molecule has 0 heterocycles. The third-order valence-corrected chi connectivity index (χ3v) is 2.97. The minimum atomic E-state index is -0.405. The largest absolute Gasteiger partial charge is 0.444 e. The van der Waals surface area contributed by atoms with Crippen LogP contribution in [0.25, 0.3) is 0 Å². The smallest absolute Gasteiger partial charge is 0.410 e. The molecule has 0 saturated heterocycles. The maximum absolute atomic E-state index is 11.8. The molecule has 0 saturated carbocycles. The van der Waals surface area contributed by atoms with Crippen molar-refractivity contribution < 1.29 is 9.53 Å². The zero-order valence-corrected chi connectivity index (χ0v) is 13.1. The maximum atomic E-state index is 11.8. The molecule has 0 radical (unpaired) electrons. The van der Waals surface area contributed by atoms with Crippen molar-refractivity contribution in [2.45, 2.75) is 72.3 Å².